The van der Waals surface area contributed by atoms with Crippen molar-refractivity contribution in [2.75, 3.05) is 13.2 Å². The maximum atomic E-state index is 5.39. The largest absolute Gasteiger partial charge is 0.381 e. The van der Waals surface area contributed by atoms with Crippen molar-refractivity contribution in [3.8, 4) is 0 Å². The van der Waals surface area contributed by atoms with E-state index in [0.717, 1.165) is 32.2 Å². The van der Waals surface area contributed by atoms with Crippen LogP contribution in [0.15, 0.2) is 5.38 Å². The van der Waals surface area contributed by atoms with Gasteiger partial charge in [-0.25, -0.2) is 4.98 Å². The molecule has 3 rings (SSSR count). The van der Waals surface area contributed by atoms with Crippen molar-refractivity contribution in [2.45, 2.75) is 38.3 Å². The highest BCUT2D eigenvalue weighted by Crippen LogP contribution is 2.22. The van der Waals surface area contributed by atoms with Gasteiger partial charge in [0.05, 0.1) is 10.7 Å². The molecule has 0 radical (unpaired) electrons. The summed E-state index contributed by atoms with van der Waals surface area (Å²) < 4.78 is 5.39. The van der Waals surface area contributed by atoms with Crippen LogP contribution in [0, 0.1) is 5.92 Å². The van der Waals surface area contributed by atoms with Crippen LogP contribution in [-0.4, -0.2) is 24.2 Å². The minimum Gasteiger partial charge on any atom is -0.381 e. The number of thiazole rings is 1. The molecule has 1 saturated carbocycles. The first kappa shape index (κ1) is 10.7. The molecule has 0 amide bonds. The maximum Gasteiger partial charge on any atom is 0.0932 e. The third-order valence-corrected chi connectivity index (χ3v) is 4.16. The van der Waals surface area contributed by atoms with Crippen LogP contribution in [0.3, 0.4) is 0 Å². The number of nitrogens with zero attached hydrogens (tertiary/aromatic N) is 1. The van der Waals surface area contributed by atoms with Gasteiger partial charge in [0.2, 0.25) is 0 Å². The summed E-state index contributed by atoms with van der Waals surface area (Å²) in [6.07, 6.45) is 5.00. The lowest BCUT2D eigenvalue weighted by Crippen LogP contribution is -2.15. The molecular weight excluding hydrogens is 220 g/mol. The van der Waals surface area contributed by atoms with Gasteiger partial charge < -0.3 is 10.1 Å². The predicted molar refractivity (Wildman–Crippen MR) is 64.6 cm³/mol. The third-order valence-electron chi connectivity index (χ3n) is 3.24. The monoisotopic (exact) mass is 238 g/mol. The Labute approximate surface area is 100 Å². The van der Waals surface area contributed by atoms with E-state index in [-0.39, 0.29) is 0 Å². The summed E-state index contributed by atoms with van der Waals surface area (Å²) >= 11 is 1.80. The standard InChI is InChI=1S/C12H18N2OS/c1-2-10(1)13-6-11-8-16-12(14-11)5-9-3-4-15-7-9/h8-10,13H,1-7H2. The predicted octanol–water partition coefficient (Wildman–Crippen LogP) is 1.97. The Hall–Kier alpha value is -0.450. The molecule has 1 atom stereocenters. The smallest absolute Gasteiger partial charge is 0.0932 e. The molecule has 2 aliphatic rings. The van der Waals surface area contributed by atoms with E-state index in [0.29, 0.717) is 5.92 Å². The van der Waals surface area contributed by atoms with E-state index in [4.69, 9.17) is 4.74 Å². The van der Waals surface area contributed by atoms with Gasteiger partial charge in [-0.05, 0) is 25.2 Å². The van der Waals surface area contributed by atoms with Crippen LogP contribution in [0.4, 0.5) is 0 Å². The zero-order chi connectivity index (χ0) is 10.8. The molecule has 1 unspecified atom stereocenters. The minimum atomic E-state index is 0.704. The second-order valence-corrected chi connectivity index (χ2v) is 5.76. The van der Waals surface area contributed by atoms with Gasteiger partial charge in [0.15, 0.2) is 0 Å². The van der Waals surface area contributed by atoms with Crippen molar-refractivity contribution in [2.24, 2.45) is 5.92 Å². The number of hydrogen-bond acceptors (Lipinski definition) is 4. The van der Waals surface area contributed by atoms with E-state index in [1.165, 1.54) is 30.0 Å². The fraction of sp³-hybridized carbons (Fsp3) is 0.750. The van der Waals surface area contributed by atoms with E-state index in [1.807, 2.05) is 0 Å². The first-order valence-corrected chi connectivity index (χ1v) is 7.02. The minimum absolute atomic E-state index is 0.704. The van der Waals surface area contributed by atoms with Gasteiger partial charge in [0.1, 0.15) is 0 Å². The second-order valence-electron chi connectivity index (χ2n) is 4.82. The number of hydrogen-bond donors (Lipinski definition) is 1. The highest BCUT2D eigenvalue weighted by molar-refractivity contribution is 7.09. The normalized spacial score (nSPS) is 25.1. The Morgan fingerprint density at radius 2 is 2.38 bits per heavy atom. The van der Waals surface area contributed by atoms with Gasteiger partial charge >= 0.3 is 0 Å². The summed E-state index contributed by atoms with van der Waals surface area (Å²) in [7, 11) is 0. The molecule has 0 aromatic carbocycles. The van der Waals surface area contributed by atoms with Gasteiger partial charge in [0, 0.05) is 37.6 Å². The lowest BCUT2D eigenvalue weighted by atomic mass is 10.1. The van der Waals surface area contributed by atoms with Gasteiger partial charge in [0.25, 0.3) is 0 Å². The number of rotatable bonds is 5. The highest BCUT2D eigenvalue weighted by atomic mass is 32.1. The summed E-state index contributed by atoms with van der Waals surface area (Å²) in [4.78, 5) is 4.67. The SMILES string of the molecule is c1sc(CC2CCOC2)nc1CNC1CC1. The van der Waals surface area contributed by atoms with Crippen LogP contribution in [0.1, 0.15) is 30.0 Å². The molecule has 1 N–H and O–H groups in total. The van der Waals surface area contributed by atoms with Crippen molar-refractivity contribution in [3.05, 3.63) is 16.1 Å². The first-order valence-electron chi connectivity index (χ1n) is 6.14. The molecule has 16 heavy (non-hydrogen) atoms. The van der Waals surface area contributed by atoms with Crippen molar-refractivity contribution in [1.82, 2.24) is 10.3 Å². The Morgan fingerprint density at radius 1 is 1.44 bits per heavy atom. The van der Waals surface area contributed by atoms with E-state index in [2.05, 4.69) is 15.7 Å². The Morgan fingerprint density at radius 3 is 3.12 bits per heavy atom. The average molecular weight is 238 g/mol. The summed E-state index contributed by atoms with van der Waals surface area (Å²) in [6.45, 7) is 2.81. The molecule has 88 valence electrons. The molecule has 1 aliphatic heterocycles. The molecule has 2 fully saturated rings. The quantitative estimate of drug-likeness (QED) is 0.851. The summed E-state index contributed by atoms with van der Waals surface area (Å²) in [5.41, 5.74) is 1.21. The Bertz CT molecular complexity index is 343. The van der Waals surface area contributed by atoms with E-state index in [1.54, 1.807) is 11.3 Å². The fourth-order valence-electron chi connectivity index (χ4n) is 2.05. The molecule has 3 nitrogen and oxygen atoms in total. The number of ether oxygens (including phenoxy) is 1. The van der Waals surface area contributed by atoms with Crippen molar-refractivity contribution in [3.63, 3.8) is 0 Å². The molecule has 0 spiro atoms. The van der Waals surface area contributed by atoms with Gasteiger partial charge in [-0.15, -0.1) is 11.3 Å². The zero-order valence-electron chi connectivity index (χ0n) is 9.45. The Kier molecular flexibility index (Phi) is 3.22. The molecular formula is C12H18N2OS. The van der Waals surface area contributed by atoms with E-state index >= 15 is 0 Å². The molecule has 1 saturated heterocycles. The van der Waals surface area contributed by atoms with Crippen molar-refractivity contribution < 1.29 is 4.74 Å². The van der Waals surface area contributed by atoms with Crippen LogP contribution >= 0.6 is 11.3 Å². The highest BCUT2D eigenvalue weighted by Gasteiger charge is 2.21. The topological polar surface area (TPSA) is 34.1 Å². The van der Waals surface area contributed by atoms with E-state index in [9.17, 15) is 0 Å². The third kappa shape index (κ3) is 2.81. The number of nitrogens with one attached hydrogen (secondary N) is 1. The fourth-order valence-corrected chi connectivity index (χ4v) is 2.96. The van der Waals surface area contributed by atoms with Crippen LogP contribution < -0.4 is 5.32 Å². The summed E-state index contributed by atoms with van der Waals surface area (Å²) in [6, 6.07) is 0.772. The zero-order valence-corrected chi connectivity index (χ0v) is 10.3. The van der Waals surface area contributed by atoms with Crippen LogP contribution in [0.25, 0.3) is 0 Å². The molecule has 1 aromatic rings. The lowest BCUT2D eigenvalue weighted by Gasteiger charge is -2.03. The van der Waals surface area contributed by atoms with Crippen LogP contribution in [-0.2, 0) is 17.7 Å². The first-order chi connectivity index (χ1) is 7.90. The molecule has 1 aliphatic carbocycles. The van der Waals surface area contributed by atoms with Crippen LogP contribution in [0.2, 0.25) is 0 Å². The maximum absolute atomic E-state index is 5.39. The van der Waals surface area contributed by atoms with Gasteiger partial charge in [-0.3, -0.25) is 0 Å². The van der Waals surface area contributed by atoms with Gasteiger partial charge in [-0.2, -0.15) is 0 Å². The van der Waals surface area contributed by atoms with Crippen LogP contribution in [0.5, 0.6) is 0 Å². The molecule has 4 heteroatoms. The van der Waals surface area contributed by atoms with Crippen molar-refractivity contribution >= 4 is 11.3 Å². The molecule has 2 heterocycles. The summed E-state index contributed by atoms with van der Waals surface area (Å²) in [5.74, 6) is 0.704. The van der Waals surface area contributed by atoms with E-state index < -0.39 is 0 Å². The molecule has 0 bridgehead atoms. The second kappa shape index (κ2) is 4.82. The molecule has 1 aromatic heterocycles. The van der Waals surface area contributed by atoms with Gasteiger partial charge in [-0.1, -0.05) is 0 Å². The average Bonchev–Trinajstić information content (AvgIpc) is 2.78. The Balaban J connectivity index is 1.50. The number of aromatic nitrogens is 1. The lowest BCUT2D eigenvalue weighted by molar-refractivity contribution is 0.186. The summed E-state index contributed by atoms with van der Waals surface area (Å²) in [5, 5.41) is 6.97. The van der Waals surface area contributed by atoms with Crippen molar-refractivity contribution in [1.29, 1.82) is 0 Å².